The van der Waals surface area contributed by atoms with E-state index < -0.39 is 46.6 Å². The maximum atomic E-state index is 14.8. The Balaban J connectivity index is 1.63. The third-order valence-corrected chi connectivity index (χ3v) is 5.43. The van der Waals surface area contributed by atoms with Crippen LogP contribution in [0.3, 0.4) is 0 Å². The average molecular weight is 508 g/mol. The van der Waals surface area contributed by atoms with Gasteiger partial charge in [-0.3, -0.25) is 0 Å². The molecule has 0 N–H and O–H groups in total. The summed E-state index contributed by atoms with van der Waals surface area (Å²) in [5.74, 6) is -5.01. The van der Waals surface area contributed by atoms with Crippen LogP contribution in [0.4, 0.5) is 35.1 Å². The highest BCUT2D eigenvalue weighted by Gasteiger charge is 2.41. The minimum atomic E-state index is -4.71. The molecule has 4 aromatic carbocycles. The quantitative estimate of drug-likeness (QED) is 0.245. The van der Waals surface area contributed by atoms with Gasteiger partial charge in [-0.2, -0.15) is 22.0 Å². The molecule has 0 saturated carbocycles. The van der Waals surface area contributed by atoms with Gasteiger partial charge >= 0.3 is 12.3 Å². The summed E-state index contributed by atoms with van der Waals surface area (Å²) in [6.07, 6.45) is -9.27. The molecule has 0 radical (unpaired) electrons. The molecule has 36 heavy (non-hydrogen) atoms. The van der Waals surface area contributed by atoms with Gasteiger partial charge in [0.05, 0.1) is 5.56 Å². The Bertz CT molecular complexity index is 1370. The van der Waals surface area contributed by atoms with Crippen molar-refractivity contribution in [1.82, 2.24) is 0 Å². The van der Waals surface area contributed by atoms with E-state index in [-0.39, 0.29) is 11.1 Å². The second-order valence-corrected chi connectivity index (χ2v) is 8.02. The van der Waals surface area contributed by atoms with Crippen molar-refractivity contribution in [3.8, 4) is 28.0 Å². The Hall–Kier alpha value is -3.88. The van der Waals surface area contributed by atoms with Gasteiger partial charge < -0.3 is 4.74 Å². The van der Waals surface area contributed by atoms with Gasteiger partial charge in [0, 0.05) is 5.56 Å². The van der Waals surface area contributed by atoms with Crippen LogP contribution in [0, 0.1) is 24.4 Å². The van der Waals surface area contributed by atoms with Crippen LogP contribution in [0.1, 0.15) is 16.7 Å². The van der Waals surface area contributed by atoms with Crippen molar-refractivity contribution < 1.29 is 39.9 Å². The normalized spacial score (nSPS) is 12.0. The molecule has 9 heteroatoms. The van der Waals surface area contributed by atoms with Gasteiger partial charge in [0.1, 0.15) is 28.8 Å². The first-order valence-electron chi connectivity index (χ1n) is 10.5. The predicted molar refractivity (Wildman–Crippen MR) is 118 cm³/mol. The van der Waals surface area contributed by atoms with E-state index in [1.807, 2.05) is 19.1 Å². The Morgan fingerprint density at radius 1 is 0.583 bits per heavy atom. The highest BCUT2D eigenvalue weighted by Crippen LogP contribution is 2.39. The second kappa shape index (κ2) is 9.29. The number of alkyl halides is 5. The van der Waals surface area contributed by atoms with Gasteiger partial charge in [-0.1, -0.05) is 42.0 Å². The van der Waals surface area contributed by atoms with Crippen molar-refractivity contribution >= 4 is 0 Å². The van der Waals surface area contributed by atoms with Crippen LogP contribution in [0.15, 0.2) is 78.9 Å². The minimum Gasteiger partial charge on any atom is -0.429 e. The first-order chi connectivity index (χ1) is 16.8. The maximum Gasteiger partial charge on any atom is 0.432 e. The smallest absolute Gasteiger partial charge is 0.429 e. The molecule has 4 rings (SSSR count). The Morgan fingerprint density at radius 2 is 1.11 bits per heavy atom. The lowest BCUT2D eigenvalue weighted by Gasteiger charge is -2.20. The van der Waals surface area contributed by atoms with E-state index in [9.17, 15) is 35.1 Å². The maximum absolute atomic E-state index is 14.8. The highest BCUT2D eigenvalue weighted by atomic mass is 19.4. The topological polar surface area (TPSA) is 9.23 Å². The van der Waals surface area contributed by atoms with E-state index in [1.54, 1.807) is 12.1 Å². The molecule has 0 fully saturated rings. The van der Waals surface area contributed by atoms with Crippen molar-refractivity contribution in [1.29, 1.82) is 0 Å². The lowest BCUT2D eigenvalue weighted by Crippen LogP contribution is -2.25. The van der Waals surface area contributed by atoms with Crippen LogP contribution in [-0.4, -0.2) is 0 Å². The van der Waals surface area contributed by atoms with Crippen LogP contribution in [0.2, 0.25) is 0 Å². The van der Waals surface area contributed by atoms with E-state index in [2.05, 4.69) is 4.74 Å². The summed E-state index contributed by atoms with van der Waals surface area (Å²) in [5, 5.41) is 0. The predicted octanol–water partition coefficient (Wildman–Crippen LogP) is 8.89. The van der Waals surface area contributed by atoms with E-state index in [4.69, 9.17) is 0 Å². The summed E-state index contributed by atoms with van der Waals surface area (Å²) >= 11 is 0. The molecule has 4 aromatic rings. The lowest BCUT2D eigenvalue weighted by molar-refractivity contribution is -0.189. The van der Waals surface area contributed by atoms with Crippen molar-refractivity contribution in [2.24, 2.45) is 0 Å². The molecule has 0 amide bonds. The molecule has 0 heterocycles. The van der Waals surface area contributed by atoms with Crippen LogP contribution >= 0.6 is 0 Å². The third kappa shape index (κ3) is 5.19. The van der Waals surface area contributed by atoms with Crippen LogP contribution < -0.4 is 4.74 Å². The largest absolute Gasteiger partial charge is 0.432 e. The van der Waals surface area contributed by atoms with Crippen LogP contribution in [-0.2, 0) is 12.3 Å². The molecule has 0 unspecified atom stereocenters. The zero-order valence-corrected chi connectivity index (χ0v) is 18.4. The molecule has 0 aliphatic carbocycles. The Labute approximate surface area is 200 Å². The van der Waals surface area contributed by atoms with E-state index in [0.29, 0.717) is 47.5 Å². The summed E-state index contributed by atoms with van der Waals surface area (Å²) in [4.78, 5) is 0. The number of hydrogen-bond donors (Lipinski definition) is 0. The Kier molecular flexibility index (Phi) is 6.51. The fourth-order valence-electron chi connectivity index (χ4n) is 3.59. The summed E-state index contributed by atoms with van der Waals surface area (Å²) in [5.41, 5.74) is -1.21. The number of hydrogen-bond acceptors (Lipinski definition) is 1. The number of halogens is 8. The molecular formula is C27H16F8O. The first kappa shape index (κ1) is 25.2. The molecule has 186 valence electrons. The monoisotopic (exact) mass is 508 g/mol. The average Bonchev–Trinajstić information content (AvgIpc) is 2.78. The van der Waals surface area contributed by atoms with Gasteiger partial charge in [0.25, 0.3) is 0 Å². The number of aryl methyl sites for hydroxylation is 1. The van der Waals surface area contributed by atoms with Crippen molar-refractivity contribution in [2.75, 3.05) is 0 Å². The standard InChI is InChI=1S/C27H16F8O/c1-15-2-4-16(5-3-15)17-6-11-21(22(28)12-17)18-13-23(29)25(24(30)14-18)27(34,35)36-20-9-7-19(8-10-20)26(31,32)33/h2-14H,1H3. The van der Waals surface area contributed by atoms with Crippen molar-refractivity contribution in [2.45, 2.75) is 19.2 Å². The molecule has 0 bridgehead atoms. The highest BCUT2D eigenvalue weighted by molar-refractivity contribution is 5.71. The fraction of sp³-hybridized carbons (Fsp3) is 0.111. The van der Waals surface area contributed by atoms with E-state index in [0.717, 1.165) is 11.6 Å². The molecular weight excluding hydrogens is 492 g/mol. The van der Waals surface area contributed by atoms with Crippen LogP contribution in [0.5, 0.6) is 5.75 Å². The summed E-state index contributed by atoms with van der Waals surface area (Å²) in [6, 6.07) is 14.4. The molecule has 1 nitrogen and oxygen atoms in total. The van der Waals surface area contributed by atoms with Crippen molar-refractivity contribution in [3.05, 3.63) is 113 Å². The molecule has 0 aliphatic rings. The van der Waals surface area contributed by atoms with Crippen molar-refractivity contribution in [3.63, 3.8) is 0 Å². The van der Waals surface area contributed by atoms with Gasteiger partial charge in [-0.15, -0.1) is 0 Å². The van der Waals surface area contributed by atoms with Gasteiger partial charge in [0.15, 0.2) is 0 Å². The van der Waals surface area contributed by atoms with Gasteiger partial charge in [0.2, 0.25) is 0 Å². The SMILES string of the molecule is Cc1ccc(-c2ccc(-c3cc(F)c(C(F)(F)Oc4ccc(C(F)(F)F)cc4)c(F)c3)c(F)c2)cc1. The zero-order chi connectivity index (χ0) is 26.3. The zero-order valence-electron chi connectivity index (χ0n) is 18.4. The number of benzene rings is 4. The first-order valence-corrected chi connectivity index (χ1v) is 10.5. The summed E-state index contributed by atoms with van der Waals surface area (Å²) in [6.45, 7) is 1.89. The molecule has 0 aliphatic heterocycles. The Morgan fingerprint density at radius 3 is 1.64 bits per heavy atom. The molecule has 0 atom stereocenters. The summed E-state index contributed by atoms with van der Waals surface area (Å²) < 4.78 is 116. The van der Waals surface area contributed by atoms with Crippen LogP contribution in [0.25, 0.3) is 22.3 Å². The summed E-state index contributed by atoms with van der Waals surface area (Å²) in [7, 11) is 0. The molecule has 0 aromatic heterocycles. The molecule has 0 saturated heterocycles. The minimum absolute atomic E-state index is 0.220. The van der Waals surface area contributed by atoms with Gasteiger partial charge in [-0.25, -0.2) is 13.2 Å². The third-order valence-electron chi connectivity index (χ3n) is 5.43. The fourth-order valence-corrected chi connectivity index (χ4v) is 3.59. The second-order valence-electron chi connectivity index (χ2n) is 8.02. The number of rotatable bonds is 5. The van der Waals surface area contributed by atoms with E-state index in [1.165, 1.54) is 12.1 Å². The van der Waals surface area contributed by atoms with Gasteiger partial charge in [-0.05, 0) is 66.1 Å². The lowest BCUT2D eigenvalue weighted by atomic mass is 9.98. The van der Waals surface area contributed by atoms with E-state index >= 15 is 0 Å². The molecule has 0 spiro atoms. The number of ether oxygens (including phenoxy) is 1.